The Morgan fingerprint density at radius 1 is 1.50 bits per heavy atom. The maximum atomic E-state index is 5.69. The summed E-state index contributed by atoms with van der Waals surface area (Å²) in [4.78, 5) is 0. The Labute approximate surface area is 95.6 Å². The van der Waals surface area contributed by atoms with Crippen LogP contribution in [0.2, 0.25) is 0 Å². The lowest BCUT2D eigenvalue weighted by molar-refractivity contribution is 0.0528. The third kappa shape index (κ3) is 2.84. The van der Waals surface area contributed by atoms with E-state index >= 15 is 0 Å². The third-order valence-corrected chi connectivity index (χ3v) is 2.56. The summed E-state index contributed by atoms with van der Waals surface area (Å²) in [5.74, 6) is 0.856. The van der Waals surface area contributed by atoms with Crippen LogP contribution in [0.5, 0.6) is 5.75 Å². The van der Waals surface area contributed by atoms with Crippen LogP contribution in [0.15, 0.2) is 36.9 Å². The minimum atomic E-state index is 0.00195. The van der Waals surface area contributed by atoms with E-state index in [9.17, 15) is 0 Å². The summed E-state index contributed by atoms with van der Waals surface area (Å²) >= 11 is 0. The highest BCUT2D eigenvalue weighted by atomic mass is 16.6. The normalized spacial score (nSPS) is 20.2. The Balaban J connectivity index is 1.85. The molecule has 0 radical (unpaired) electrons. The first-order chi connectivity index (χ1) is 7.83. The lowest BCUT2D eigenvalue weighted by Crippen LogP contribution is -2.16. The standard InChI is InChI=1S/C13H16O3/c1-3-12(13-9-16-13)15-8-10-4-6-11(14-2)7-5-10/h3-7,12-13H,1,8-9H2,2H3/t12-,13+/m1/s1. The Hall–Kier alpha value is -1.32. The van der Waals surface area contributed by atoms with Gasteiger partial charge in [0.15, 0.2) is 0 Å². The zero-order valence-corrected chi connectivity index (χ0v) is 9.39. The predicted molar refractivity (Wildman–Crippen MR) is 61.5 cm³/mol. The fourth-order valence-electron chi connectivity index (χ4n) is 1.49. The monoisotopic (exact) mass is 220 g/mol. The van der Waals surface area contributed by atoms with Crippen LogP contribution in [-0.4, -0.2) is 25.9 Å². The Morgan fingerprint density at radius 2 is 2.19 bits per heavy atom. The van der Waals surface area contributed by atoms with E-state index in [0.29, 0.717) is 6.61 Å². The molecule has 0 amide bonds. The van der Waals surface area contributed by atoms with Gasteiger partial charge in [-0.15, -0.1) is 6.58 Å². The van der Waals surface area contributed by atoms with Crippen LogP contribution in [0.3, 0.4) is 0 Å². The molecule has 2 atom stereocenters. The minimum absolute atomic E-state index is 0.00195. The van der Waals surface area contributed by atoms with Crippen molar-refractivity contribution in [1.82, 2.24) is 0 Å². The molecule has 1 aliphatic heterocycles. The molecule has 1 aromatic carbocycles. The first kappa shape index (κ1) is 11.2. The zero-order chi connectivity index (χ0) is 11.4. The molecule has 16 heavy (non-hydrogen) atoms. The number of epoxide rings is 1. The van der Waals surface area contributed by atoms with Gasteiger partial charge in [-0.1, -0.05) is 18.2 Å². The summed E-state index contributed by atoms with van der Waals surface area (Å²) in [7, 11) is 1.66. The van der Waals surface area contributed by atoms with Crippen LogP contribution in [0.1, 0.15) is 5.56 Å². The summed E-state index contributed by atoms with van der Waals surface area (Å²) in [6.45, 7) is 5.08. The van der Waals surface area contributed by atoms with Crippen LogP contribution in [0.25, 0.3) is 0 Å². The smallest absolute Gasteiger partial charge is 0.118 e. The third-order valence-electron chi connectivity index (χ3n) is 2.56. The van der Waals surface area contributed by atoms with E-state index < -0.39 is 0 Å². The van der Waals surface area contributed by atoms with Gasteiger partial charge in [-0.2, -0.15) is 0 Å². The van der Waals surface area contributed by atoms with E-state index in [1.165, 1.54) is 0 Å². The number of methoxy groups -OCH3 is 1. The number of ether oxygens (including phenoxy) is 3. The van der Waals surface area contributed by atoms with Crippen molar-refractivity contribution in [3.05, 3.63) is 42.5 Å². The molecule has 0 aromatic heterocycles. The van der Waals surface area contributed by atoms with E-state index in [4.69, 9.17) is 14.2 Å². The maximum Gasteiger partial charge on any atom is 0.118 e. The Kier molecular flexibility index (Phi) is 3.59. The first-order valence-electron chi connectivity index (χ1n) is 5.32. The van der Waals surface area contributed by atoms with E-state index in [1.807, 2.05) is 24.3 Å². The summed E-state index contributed by atoms with van der Waals surface area (Å²) in [5, 5.41) is 0. The molecule has 0 saturated carbocycles. The average molecular weight is 220 g/mol. The molecular weight excluding hydrogens is 204 g/mol. The maximum absolute atomic E-state index is 5.69. The molecule has 0 spiro atoms. The van der Waals surface area contributed by atoms with E-state index in [-0.39, 0.29) is 12.2 Å². The van der Waals surface area contributed by atoms with Gasteiger partial charge in [0, 0.05) is 0 Å². The summed E-state index contributed by atoms with van der Waals surface area (Å²) < 4.78 is 15.9. The van der Waals surface area contributed by atoms with Gasteiger partial charge < -0.3 is 14.2 Å². The van der Waals surface area contributed by atoms with E-state index in [2.05, 4.69) is 6.58 Å². The molecule has 1 aliphatic rings. The molecule has 3 heteroatoms. The second-order valence-corrected chi connectivity index (χ2v) is 3.73. The highest BCUT2D eigenvalue weighted by Crippen LogP contribution is 2.19. The molecule has 0 bridgehead atoms. The molecule has 0 N–H and O–H groups in total. The summed E-state index contributed by atoms with van der Waals surface area (Å²) in [5.41, 5.74) is 1.12. The summed E-state index contributed by atoms with van der Waals surface area (Å²) in [6.07, 6.45) is 2.00. The molecule has 2 rings (SSSR count). The molecule has 86 valence electrons. The molecule has 3 nitrogen and oxygen atoms in total. The van der Waals surface area contributed by atoms with Crippen molar-refractivity contribution in [3.63, 3.8) is 0 Å². The minimum Gasteiger partial charge on any atom is -0.497 e. The lowest BCUT2D eigenvalue weighted by atomic mass is 10.2. The van der Waals surface area contributed by atoms with Gasteiger partial charge in [0.25, 0.3) is 0 Å². The largest absolute Gasteiger partial charge is 0.497 e. The number of rotatable bonds is 6. The SMILES string of the molecule is C=C[C@@H](OCc1ccc(OC)cc1)[C@@H]1CO1. The molecule has 0 aliphatic carbocycles. The average Bonchev–Trinajstić information content (AvgIpc) is 3.15. The Bertz CT molecular complexity index is 341. The quantitative estimate of drug-likeness (QED) is 0.544. The molecule has 1 aromatic rings. The topological polar surface area (TPSA) is 31.0 Å². The van der Waals surface area contributed by atoms with Gasteiger partial charge in [-0.25, -0.2) is 0 Å². The highest BCUT2D eigenvalue weighted by molar-refractivity contribution is 5.26. The van der Waals surface area contributed by atoms with Crippen LogP contribution in [0.4, 0.5) is 0 Å². The fourth-order valence-corrected chi connectivity index (χ4v) is 1.49. The number of hydrogen-bond donors (Lipinski definition) is 0. The van der Waals surface area contributed by atoms with Crippen molar-refractivity contribution in [2.24, 2.45) is 0 Å². The van der Waals surface area contributed by atoms with Gasteiger partial charge in [0.1, 0.15) is 18.0 Å². The van der Waals surface area contributed by atoms with Crippen LogP contribution in [0, 0.1) is 0 Å². The highest BCUT2D eigenvalue weighted by Gasteiger charge is 2.31. The van der Waals surface area contributed by atoms with E-state index in [0.717, 1.165) is 17.9 Å². The van der Waals surface area contributed by atoms with Crippen molar-refractivity contribution in [2.75, 3.05) is 13.7 Å². The summed E-state index contributed by atoms with van der Waals surface area (Å²) in [6, 6.07) is 7.84. The van der Waals surface area contributed by atoms with Crippen molar-refractivity contribution in [1.29, 1.82) is 0 Å². The van der Waals surface area contributed by atoms with Gasteiger partial charge >= 0.3 is 0 Å². The molecule has 1 saturated heterocycles. The van der Waals surface area contributed by atoms with Gasteiger partial charge in [0.2, 0.25) is 0 Å². The number of benzene rings is 1. The van der Waals surface area contributed by atoms with Crippen molar-refractivity contribution in [3.8, 4) is 5.75 Å². The molecule has 1 fully saturated rings. The van der Waals surface area contributed by atoms with Crippen LogP contribution < -0.4 is 4.74 Å². The van der Waals surface area contributed by atoms with Crippen LogP contribution in [-0.2, 0) is 16.1 Å². The predicted octanol–water partition coefficient (Wildman–Crippen LogP) is 2.17. The number of hydrogen-bond acceptors (Lipinski definition) is 3. The van der Waals surface area contributed by atoms with Gasteiger partial charge in [-0.3, -0.25) is 0 Å². The van der Waals surface area contributed by atoms with Crippen molar-refractivity contribution >= 4 is 0 Å². The van der Waals surface area contributed by atoms with E-state index in [1.54, 1.807) is 13.2 Å². The first-order valence-corrected chi connectivity index (χ1v) is 5.32. The Morgan fingerprint density at radius 3 is 2.69 bits per heavy atom. The lowest BCUT2D eigenvalue weighted by Gasteiger charge is -2.11. The second kappa shape index (κ2) is 5.14. The van der Waals surface area contributed by atoms with Gasteiger partial charge in [0.05, 0.1) is 20.3 Å². The van der Waals surface area contributed by atoms with Gasteiger partial charge in [-0.05, 0) is 17.7 Å². The second-order valence-electron chi connectivity index (χ2n) is 3.73. The van der Waals surface area contributed by atoms with Crippen molar-refractivity contribution in [2.45, 2.75) is 18.8 Å². The van der Waals surface area contributed by atoms with Crippen molar-refractivity contribution < 1.29 is 14.2 Å². The fraction of sp³-hybridized carbons (Fsp3) is 0.385. The zero-order valence-electron chi connectivity index (χ0n) is 9.39. The molecule has 0 unspecified atom stereocenters. The van der Waals surface area contributed by atoms with Crippen LogP contribution >= 0.6 is 0 Å². The molecule has 1 heterocycles. The molecular formula is C13H16O3.